The second kappa shape index (κ2) is 5.46. The summed E-state index contributed by atoms with van der Waals surface area (Å²) in [6.45, 7) is 0. The number of anilines is 1. The molecule has 1 aliphatic heterocycles. The topological polar surface area (TPSA) is 46.2 Å². The summed E-state index contributed by atoms with van der Waals surface area (Å²) in [5.74, 6) is -0.511. The molecule has 24 heavy (non-hydrogen) atoms. The molecule has 0 fully saturated rings. The van der Waals surface area contributed by atoms with Crippen LogP contribution in [0, 0.1) is 0 Å². The smallest absolute Gasteiger partial charge is 0.247 e. The van der Waals surface area contributed by atoms with Crippen LogP contribution in [0.5, 0.6) is 0 Å². The first-order valence-corrected chi connectivity index (χ1v) is 7.81. The van der Waals surface area contributed by atoms with Gasteiger partial charge in [0.2, 0.25) is 5.91 Å². The SMILES string of the molecule is O=C1Nc2ccccc2C(=O)C1(c1ccccc1)c1ccccc1. The number of fused-ring (bicyclic) bond motifs is 1. The van der Waals surface area contributed by atoms with Gasteiger partial charge in [0.1, 0.15) is 0 Å². The standard InChI is InChI=1S/C21H15NO2/c23-19-17-13-7-8-14-18(17)22-20(24)21(19,15-9-3-1-4-10-15)16-11-5-2-6-12-16/h1-14H,(H,22,24). The summed E-state index contributed by atoms with van der Waals surface area (Å²) in [5, 5.41) is 2.92. The predicted molar refractivity (Wildman–Crippen MR) is 93.1 cm³/mol. The first kappa shape index (κ1) is 14.4. The van der Waals surface area contributed by atoms with Crippen molar-refractivity contribution in [1.29, 1.82) is 0 Å². The monoisotopic (exact) mass is 313 g/mol. The number of benzene rings is 3. The number of ketones is 1. The zero-order chi connectivity index (χ0) is 16.6. The normalized spacial score (nSPS) is 15.5. The zero-order valence-corrected chi connectivity index (χ0v) is 12.9. The summed E-state index contributed by atoms with van der Waals surface area (Å²) >= 11 is 0. The highest BCUT2D eigenvalue weighted by Gasteiger charge is 2.52. The largest absolute Gasteiger partial charge is 0.324 e. The number of Topliss-reactive ketones (excluding diaryl/α,β-unsaturated/α-hetero) is 1. The molecule has 4 rings (SSSR count). The quantitative estimate of drug-likeness (QED) is 0.731. The van der Waals surface area contributed by atoms with Crippen LogP contribution >= 0.6 is 0 Å². The van der Waals surface area contributed by atoms with E-state index < -0.39 is 5.41 Å². The molecule has 1 heterocycles. The lowest BCUT2D eigenvalue weighted by Crippen LogP contribution is -2.51. The number of hydrogen-bond acceptors (Lipinski definition) is 2. The third-order valence-corrected chi connectivity index (χ3v) is 4.51. The molecular formula is C21H15NO2. The predicted octanol–water partition coefficient (Wildman–Crippen LogP) is 3.81. The Morgan fingerprint density at radius 2 is 1.12 bits per heavy atom. The highest BCUT2D eigenvalue weighted by Crippen LogP contribution is 2.41. The van der Waals surface area contributed by atoms with Crippen LogP contribution in [-0.2, 0) is 10.2 Å². The van der Waals surface area contributed by atoms with Crippen LogP contribution in [0.15, 0.2) is 84.9 Å². The number of para-hydroxylation sites is 1. The molecule has 0 radical (unpaired) electrons. The maximum absolute atomic E-state index is 13.5. The van der Waals surface area contributed by atoms with Crippen molar-refractivity contribution in [2.24, 2.45) is 0 Å². The van der Waals surface area contributed by atoms with Gasteiger partial charge >= 0.3 is 0 Å². The van der Waals surface area contributed by atoms with Crippen LogP contribution in [0.2, 0.25) is 0 Å². The third-order valence-electron chi connectivity index (χ3n) is 4.51. The minimum atomic E-state index is -1.36. The van der Waals surface area contributed by atoms with Gasteiger partial charge in [-0.1, -0.05) is 72.8 Å². The molecule has 0 aromatic heterocycles. The van der Waals surface area contributed by atoms with Crippen LogP contribution < -0.4 is 5.32 Å². The summed E-state index contributed by atoms with van der Waals surface area (Å²) < 4.78 is 0. The summed E-state index contributed by atoms with van der Waals surface area (Å²) in [6.07, 6.45) is 0. The Labute approximate surface area is 140 Å². The van der Waals surface area contributed by atoms with Gasteiger partial charge in [0, 0.05) is 5.56 Å². The summed E-state index contributed by atoms with van der Waals surface area (Å²) in [4.78, 5) is 26.6. The molecular weight excluding hydrogens is 298 g/mol. The van der Waals surface area contributed by atoms with E-state index in [1.54, 1.807) is 12.1 Å². The van der Waals surface area contributed by atoms with Crippen LogP contribution in [0.25, 0.3) is 0 Å². The third kappa shape index (κ3) is 1.91. The summed E-state index contributed by atoms with van der Waals surface area (Å²) in [7, 11) is 0. The zero-order valence-electron chi connectivity index (χ0n) is 12.9. The minimum Gasteiger partial charge on any atom is -0.324 e. The fourth-order valence-corrected chi connectivity index (χ4v) is 3.38. The van der Waals surface area contributed by atoms with Crippen LogP contribution in [0.4, 0.5) is 5.69 Å². The molecule has 1 N–H and O–H groups in total. The van der Waals surface area contributed by atoms with Crippen LogP contribution in [-0.4, -0.2) is 11.7 Å². The Kier molecular flexibility index (Phi) is 3.28. The average Bonchev–Trinajstić information content (AvgIpc) is 2.64. The lowest BCUT2D eigenvalue weighted by Gasteiger charge is -2.36. The number of hydrogen-bond donors (Lipinski definition) is 1. The van der Waals surface area contributed by atoms with E-state index in [-0.39, 0.29) is 11.7 Å². The molecule has 3 aromatic carbocycles. The molecule has 0 saturated carbocycles. The summed E-state index contributed by atoms with van der Waals surface area (Å²) in [6, 6.07) is 25.6. The molecule has 1 aliphatic rings. The van der Waals surface area contributed by atoms with Crippen molar-refractivity contribution in [3.8, 4) is 0 Å². The van der Waals surface area contributed by atoms with E-state index >= 15 is 0 Å². The van der Waals surface area contributed by atoms with Gasteiger partial charge in [-0.25, -0.2) is 0 Å². The van der Waals surface area contributed by atoms with E-state index in [1.165, 1.54) is 0 Å². The van der Waals surface area contributed by atoms with E-state index in [9.17, 15) is 9.59 Å². The molecule has 0 aliphatic carbocycles. The Bertz CT molecular complexity index is 877. The van der Waals surface area contributed by atoms with Crippen molar-refractivity contribution in [3.63, 3.8) is 0 Å². The number of nitrogens with one attached hydrogen (secondary N) is 1. The fraction of sp³-hybridized carbons (Fsp3) is 0.0476. The number of amides is 1. The molecule has 0 saturated heterocycles. The lowest BCUT2D eigenvalue weighted by atomic mass is 9.67. The molecule has 3 aromatic rings. The van der Waals surface area contributed by atoms with E-state index in [0.717, 1.165) is 0 Å². The van der Waals surface area contributed by atoms with Crippen molar-refractivity contribution >= 4 is 17.4 Å². The van der Waals surface area contributed by atoms with Gasteiger partial charge in [-0.3, -0.25) is 9.59 Å². The molecule has 0 bridgehead atoms. The molecule has 3 nitrogen and oxygen atoms in total. The van der Waals surface area contributed by atoms with Crippen molar-refractivity contribution in [3.05, 3.63) is 102 Å². The van der Waals surface area contributed by atoms with Gasteiger partial charge in [-0.15, -0.1) is 0 Å². The van der Waals surface area contributed by atoms with E-state index in [0.29, 0.717) is 22.4 Å². The maximum atomic E-state index is 13.5. The van der Waals surface area contributed by atoms with E-state index in [2.05, 4.69) is 5.32 Å². The van der Waals surface area contributed by atoms with Crippen molar-refractivity contribution in [2.45, 2.75) is 5.41 Å². The molecule has 3 heteroatoms. The molecule has 0 atom stereocenters. The molecule has 0 unspecified atom stereocenters. The Hall–Kier alpha value is -3.20. The second-order valence-electron chi connectivity index (χ2n) is 5.81. The lowest BCUT2D eigenvalue weighted by molar-refractivity contribution is -0.119. The van der Waals surface area contributed by atoms with Crippen molar-refractivity contribution in [1.82, 2.24) is 0 Å². The number of carbonyl (C=O) groups is 2. The first-order valence-electron chi connectivity index (χ1n) is 7.81. The van der Waals surface area contributed by atoms with Crippen LogP contribution in [0.1, 0.15) is 21.5 Å². The minimum absolute atomic E-state index is 0.195. The Morgan fingerprint density at radius 3 is 1.71 bits per heavy atom. The first-order chi connectivity index (χ1) is 11.7. The number of carbonyl (C=O) groups excluding carboxylic acids is 2. The highest BCUT2D eigenvalue weighted by atomic mass is 16.2. The highest BCUT2D eigenvalue weighted by molar-refractivity contribution is 6.29. The molecule has 1 amide bonds. The second-order valence-corrected chi connectivity index (χ2v) is 5.81. The van der Waals surface area contributed by atoms with E-state index in [1.807, 2.05) is 72.8 Å². The van der Waals surface area contributed by atoms with Gasteiger partial charge in [0.15, 0.2) is 11.2 Å². The van der Waals surface area contributed by atoms with Gasteiger partial charge < -0.3 is 5.32 Å². The van der Waals surface area contributed by atoms with E-state index in [4.69, 9.17) is 0 Å². The van der Waals surface area contributed by atoms with Gasteiger partial charge in [0.25, 0.3) is 0 Å². The Balaban J connectivity index is 2.05. The molecule has 0 spiro atoms. The van der Waals surface area contributed by atoms with Crippen LogP contribution in [0.3, 0.4) is 0 Å². The fourth-order valence-electron chi connectivity index (χ4n) is 3.38. The Morgan fingerprint density at radius 1 is 0.625 bits per heavy atom. The average molecular weight is 313 g/mol. The van der Waals surface area contributed by atoms with Gasteiger partial charge in [-0.2, -0.15) is 0 Å². The maximum Gasteiger partial charge on any atom is 0.247 e. The van der Waals surface area contributed by atoms with Crippen molar-refractivity contribution in [2.75, 3.05) is 5.32 Å². The number of rotatable bonds is 2. The molecule has 116 valence electrons. The van der Waals surface area contributed by atoms with Crippen molar-refractivity contribution < 1.29 is 9.59 Å². The summed E-state index contributed by atoms with van der Waals surface area (Å²) in [5.41, 5.74) is 1.08. The van der Waals surface area contributed by atoms with Gasteiger partial charge in [0.05, 0.1) is 5.69 Å². The van der Waals surface area contributed by atoms with Gasteiger partial charge in [-0.05, 0) is 23.3 Å².